The third-order valence-corrected chi connectivity index (χ3v) is 3.95. The van der Waals surface area contributed by atoms with E-state index >= 15 is 0 Å². The lowest BCUT2D eigenvalue weighted by Gasteiger charge is -2.11. The molecule has 0 aliphatic rings. The van der Waals surface area contributed by atoms with Crippen molar-refractivity contribution in [2.24, 2.45) is 5.73 Å². The first-order valence-electron chi connectivity index (χ1n) is 7.15. The molecule has 0 aliphatic heterocycles. The van der Waals surface area contributed by atoms with E-state index in [0.717, 1.165) is 29.1 Å². The van der Waals surface area contributed by atoms with E-state index in [0.29, 0.717) is 6.54 Å². The molecule has 3 nitrogen and oxygen atoms in total. The van der Waals surface area contributed by atoms with Crippen LogP contribution in [0, 0.1) is 0 Å². The number of aromatic nitrogens is 2. The van der Waals surface area contributed by atoms with Crippen LogP contribution in [0.5, 0.6) is 0 Å². The molecule has 2 rings (SSSR count). The van der Waals surface area contributed by atoms with Crippen molar-refractivity contribution in [3.8, 4) is 0 Å². The van der Waals surface area contributed by atoms with Gasteiger partial charge in [-0.3, -0.25) is 4.68 Å². The molecule has 0 saturated heterocycles. The molecule has 0 aliphatic carbocycles. The van der Waals surface area contributed by atoms with Crippen molar-refractivity contribution in [2.75, 3.05) is 0 Å². The van der Waals surface area contributed by atoms with Gasteiger partial charge in [0.05, 0.1) is 12.2 Å². The van der Waals surface area contributed by atoms with Gasteiger partial charge >= 0.3 is 0 Å². The molecule has 0 radical (unpaired) electrons. The van der Waals surface area contributed by atoms with Gasteiger partial charge in [-0.1, -0.05) is 43.6 Å². The van der Waals surface area contributed by atoms with E-state index in [2.05, 4.69) is 18.5 Å². The summed E-state index contributed by atoms with van der Waals surface area (Å²) in [6.45, 7) is 6.98. The van der Waals surface area contributed by atoms with Crippen LogP contribution in [0.2, 0.25) is 5.02 Å². The monoisotopic (exact) mass is 291 g/mol. The van der Waals surface area contributed by atoms with Crippen molar-refractivity contribution in [1.29, 1.82) is 0 Å². The molecule has 1 unspecified atom stereocenters. The molecule has 1 aromatic carbocycles. The summed E-state index contributed by atoms with van der Waals surface area (Å²) in [5, 5.41) is 5.52. The number of halogens is 1. The third-order valence-electron chi connectivity index (χ3n) is 3.58. The molecule has 4 heteroatoms. The predicted octanol–water partition coefficient (Wildman–Crippen LogP) is 3.73. The van der Waals surface area contributed by atoms with Crippen molar-refractivity contribution < 1.29 is 0 Å². The topological polar surface area (TPSA) is 43.8 Å². The Balaban J connectivity index is 2.44. The number of hydrogen-bond acceptors (Lipinski definition) is 2. The van der Waals surface area contributed by atoms with Gasteiger partial charge in [0.25, 0.3) is 0 Å². The molecule has 0 amide bonds. The van der Waals surface area contributed by atoms with Gasteiger partial charge in [-0.15, -0.1) is 0 Å². The van der Waals surface area contributed by atoms with Crippen molar-refractivity contribution in [3.05, 3.63) is 51.8 Å². The lowest BCUT2D eigenvalue weighted by atomic mass is 10.0. The van der Waals surface area contributed by atoms with Crippen LogP contribution in [0.25, 0.3) is 0 Å². The summed E-state index contributed by atoms with van der Waals surface area (Å²) >= 11 is 6.25. The zero-order valence-electron chi connectivity index (χ0n) is 12.4. The molecule has 1 heterocycles. The highest BCUT2D eigenvalue weighted by Crippen LogP contribution is 2.24. The average Bonchev–Trinajstić information content (AvgIpc) is 2.79. The van der Waals surface area contributed by atoms with E-state index < -0.39 is 0 Å². The highest BCUT2D eigenvalue weighted by atomic mass is 35.5. The summed E-state index contributed by atoms with van der Waals surface area (Å²) < 4.78 is 2.05. The molecule has 2 aromatic rings. The van der Waals surface area contributed by atoms with Gasteiger partial charge < -0.3 is 5.73 Å². The van der Waals surface area contributed by atoms with Gasteiger partial charge in [-0.05, 0) is 31.4 Å². The second kappa shape index (κ2) is 6.42. The van der Waals surface area contributed by atoms with E-state index in [1.165, 1.54) is 11.3 Å². The van der Waals surface area contributed by atoms with E-state index in [1.807, 2.05) is 31.2 Å². The average molecular weight is 292 g/mol. The maximum atomic E-state index is 6.25. The highest BCUT2D eigenvalue weighted by Gasteiger charge is 2.18. The molecule has 2 N–H and O–H groups in total. The summed E-state index contributed by atoms with van der Waals surface area (Å²) in [7, 11) is 0. The first-order chi connectivity index (χ1) is 9.58. The zero-order chi connectivity index (χ0) is 14.7. The Morgan fingerprint density at radius 3 is 2.50 bits per heavy atom. The number of nitrogens with two attached hydrogens (primary N) is 1. The largest absolute Gasteiger partial charge is 0.324 e. The molecular weight excluding hydrogens is 270 g/mol. The van der Waals surface area contributed by atoms with Gasteiger partial charge in [-0.25, -0.2) is 0 Å². The van der Waals surface area contributed by atoms with Crippen molar-refractivity contribution in [3.63, 3.8) is 0 Å². The summed E-state index contributed by atoms with van der Waals surface area (Å²) in [6.07, 6.45) is 1.83. The van der Waals surface area contributed by atoms with Gasteiger partial charge in [0.15, 0.2) is 0 Å². The van der Waals surface area contributed by atoms with E-state index in [9.17, 15) is 0 Å². The molecule has 1 atom stereocenters. The minimum Gasteiger partial charge on any atom is -0.324 e. The number of nitrogens with zero attached hydrogens (tertiary/aromatic N) is 2. The van der Waals surface area contributed by atoms with Gasteiger partial charge in [0.1, 0.15) is 0 Å². The highest BCUT2D eigenvalue weighted by molar-refractivity contribution is 6.31. The standard InChI is InChI=1S/C16H22ClN3/c1-4-14-16(11(3)18)15(5-2)20(19-14)10-12-8-6-7-9-13(12)17/h6-9,11H,4-5,10,18H2,1-3H3. The molecule has 20 heavy (non-hydrogen) atoms. The molecule has 1 aromatic heterocycles. The fourth-order valence-electron chi connectivity index (χ4n) is 2.64. The van der Waals surface area contributed by atoms with Crippen LogP contribution in [0.4, 0.5) is 0 Å². The summed E-state index contributed by atoms with van der Waals surface area (Å²) in [5.41, 5.74) is 10.7. The van der Waals surface area contributed by atoms with Crippen molar-refractivity contribution in [1.82, 2.24) is 9.78 Å². The Morgan fingerprint density at radius 1 is 1.25 bits per heavy atom. The van der Waals surface area contributed by atoms with Crippen LogP contribution < -0.4 is 5.73 Å². The quantitative estimate of drug-likeness (QED) is 0.912. The smallest absolute Gasteiger partial charge is 0.0677 e. The molecule has 0 saturated carbocycles. The SMILES string of the molecule is CCc1nn(Cc2ccccc2Cl)c(CC)c1C(C)N. The van der Waals surface area contributed by atoms with E-state index in [4.69, 9.17) is 22.4 Å². The molecule has 0 fully saturated rings. The zero-order valence-corrected chi connectivity index (χ0v) is 13.1. The fourth-order valence-corrected chi connectivity index (χ4v) is 2.84. The minimum atomic E-state index is 0.0138. The van der Waals surface area contributed by atoms with Gasteiger partial charge in [0, 0.05) is 22.3 Å². The van der Waals surface area contributed by atoms with Crippen LogP contribution in [0.3, 0.4) is 0 Å². The fraction of sp³-hybridized carbons (Fsp3) is 0.438. The van der Waals surface area contributed by atoms with E-state index in [-0.39, 0.29) is 6.04 Å². The number of benzene rings is 1. The minimum absolute atomic E-state index is 0.0138. The van der Waals surface area contributed by atoms with Crippen molar-refractivity contribution in [2.45, 2.75) is 46.2 Å². The maximum absolute atomic E-state index is 6.25. The number of hydrogen-bond donors (Lipinski definition) is 1. The Kier molecular flexibility index (Phi) is 4.84. The normalized spacial score (nSPS) is 12.7. The van der Waals surface area contributed by atoms with Crippen LogP contribution in [0.15, 0.2) is 24.3 Å². The first-order valence-corrected chi connectivity index (χ1v) is 7.53. The van der Waals surface area contributed by atoms with Crippen LogP contribution in [0.1, 0.15) is 49.3 Å². The Bertz CT molecular complexity index is 587. The third kappa shape index (κ3) is 2.89. The second-order valence-electron chi connectivity index (χ2n) is 5.05. The maximum Gasteiger partial charge on any atom is 0.0677 e. The lowest BCUT2D eigenvalue weighted by Crippen LogP contribution is -2.11. The number of aryl methyl sites for hydroxylation is 1. The van der Waals surface area contributed by atoms with Gasteiger partial charge in [-0.2, -0.15) is 5.10 Å². The Labute approximate surface area is 125 Å². The number of rotatable bonds is 5. The van der Waals surface area contributed by atoms with Crippen LogP contribution in [-0.4, -0.2) is 9.78 Å². The molecule has 0 bridgehead atoms. The lowest BCUT2D eigenvalue weighted by molar-refractivity contribution is 0.637. The predicted molar refractivity (Wildman–Crippen MR) is 84.1 cm³/mol. The van der Waals surface area contributed by atoms with Crippen LogP contribution >= 0.6 is 11.6 Å². The second-order valence-corrected chi connectivity index (χ2v) is 5.46. The summed E-state index contributed by atoms with van der Waals surface area (Å²) in [5.74, 6) is 0. The Morgan fingerprint density at radius 2 is 1.95 bits per heavy atom. The summed E-state index contributed by atoms with van der Waals surface area (Å²) in [6, 6.07) is 7.92. The molecule has 0 spiro atoms. The Hall–Kier alpha value is -1.32. The molecular formula is C16H22ClN3. The van der Waals surface area contributed by atoms with E-state index in [1.54, 1.807) is 0 Å². The van der Waals surface area contributed by atoms with Crippen molar-refractivity contribution >= 4 is 11.6 Å². The first kappa shape index (κ1) is 15.1. The summed E-state index contributed by atoms with van der Waals surface area (Å²) in [4.78, 5) is 0. The van der Waals surface area contributed by atoms with Gasteiger partial charge in [0.2, 0.25) is 0 Å². The van der Waals surface area contributed by atoms with Crippen LogP contribution in [-0.2, 0) is 19.4 Å². The molecule has 108 valence electrons.